The zero-order chi connectivity index (χ0) is 21.8. The summed E-state index contributed by atoms with van der Waals surface area (Å²) in [7, 11) is 0. The van der Waals surface area contributed by atoms with Crippen molar-refractivity contribution in [3.05, 3.63) is 69.7 Å². The smallest absolute Gasteiger partial charge is 0.242 e. The van der Waals surface area contributed by atoms with E-state index in [1.165, 1.54) is 4.88 Å². The Morgan fingerprint density at radius 3 is 2.77 bits per heavy atom. The summed E-state index contributed by atoms with van der Waals surface area (Å²) in [6.07, 6.45) is 0.815. The number of aromatic nitrogens is 2. The Morgan fingerprint density at radius 2 is 2.03 bits per heavy atom. The molecule has 0 radical (unpaired) electrons. The number of rotatable bonds is 7. The van der Waals surface area contributed by atoms with Gasteiger partial charge in [0.15, 0.2) is 0 Å². The fourth-order valence-corrected chi connectivity index (χ4v) is 4.80. The lowest BCUT2D eigenvalue weighted by atomic mass is 10.00. The van der Waals surface area contributed by atoms with Gasteiger partial charge in [0.1, 0.15) is 6.04 Å². The standard InChI is InChI=1S/C23H27N5O2S/c1-16-21(17(2)28(26-16)18-7-4-3-5-8-18)22-23(30)25-12-13-27(22)15-20(29)24-11-10-19-9-6-14-31-19/h3-9,14,22H,10-13,15H2,1-2H3,(H,24,29)(H,25,30)/t22-/m1/s1. The summed E-state index contributed by atoms with van der Waals surface area (Å²) < 4.78 is 1.87. The van der Waals surface area contributed by atoms with E-state index in [0.717, 1.165) is 29.1 Å². The molecule has 7 nitrogen and oxygen atoms in total. The molecule has 4 rings (SSSR count). The van der Waals surface area contributed by atoms with E-state index < -0.39 is 6.04 Å². The Labute approximate surface area is 186 Å². The summed E-state index contributed by atoms with van der Waals surface area (Å²) in [5, 5.41) is 12.7. The first-order chi connectivity index (χ1) is 15.0. The highest BCUT2D eigenvalue weighted by molar-refractivity contribution is 7.09. The van der Waals surface area contributed by atoms with Crippen molar-refractivity contribution in [2.45, 2.75) is 26.3 Å². The number of hydrogen-bond donors (Lipinski definition) is 2. The van der Waals surface area contributed by atoms with Crippen molar-refractivity contribution in [2.75, 3.05) is 26.2 Å². The van der Waals surface area contributed by atoms with Crippen molar-refractivity contribution in [1.82, 2.24) is 25.3 Å². The molecule has 1 aromatic carbocycles. The zero-order valence-corrected chi connectivity index (χ0v) is 18.6. The van der Waals surface area contributed by atoms with Gasteiger partial charge in [-0.05, 0) is 43.8 Å². The maximum Gasteiger partial charge on any atom is 0.242 e. The summed E-state index contributed by atoms with van der Waals surface area (Å²) in [5.74, 6) is -0.154. The first-order valence-electron chi connectivity index (χ1n) is 10.5. The van der Waals surface area contributed by atoms with E-state index >= 15 is 0 Å². The van der Waals surface area contributed by atoms with Crippen molar-refractivity contribution in [2.24, 2.45) is 0 Å². The normalized spacial score (nSPS) is 16.8. The van der Waals surface area contributed by atoms with Crippen LogP contribution in [0.15, 0.2) is 47.8 Å². The van der Waals surface area contributed by atoms with Crippen molar-refractivity contribution >= 4 is 23.2 Å². The number of para-hydroxylation sites is 1. The molecule has 0 unspecified atom stereocenters. The molecule has 0 spiro atoms. The molecule has 1 aliphatic heterocycles. The largest absolute Gasteiger partial charge is 0.355 e. The minimum Gasteiger partial charge on any atom is -0.355 e. The maximum atomic E-state index is 12.9. The molecule has 0 saturated carbocycles. The molecule has 2 aromatic heterocycles. The molecule has 162 valence electrons. The first kappa shape index (κ1) is 21.3. The number of nitrogens with one attached hydrogen (secondary N) is 2. The van der Waals surface area contributed by atoms with E-state index in [9.17, 15) is 9.59 Å². The van der Waals surface area contributed by atoms with Crippen LogP contribution in [0.25, 0.3) is 5.69 Å². The Kier molecular flexibility index (Phi) is 6.48. The van der Waals surface area contributed by atoms with Crippen LogP contribution in [0.3, 0.4) is 0 Å². The van der Waals surface area contributed by atoms with Crippen LogP contribution in [-0.4, -0.2) is 52.7 Å². The summed E-state index contributed by atoms with van der Waals surface area (Å²) in [4.78, 5) is 28.7. The summed E-state index contributed by atoms with van der Waals surface area (Å²) in [5.41, 5.74) is 3.52. The Hall–Kier alpha value is -2.97. The highest BCUT2D eigenvalue weighted by atomic mass is 32.1. The van der Waals surface area contributed by atoms with Gasteiger partial charge in [-0.3, -0.25) is 14.5 Å². The molecule has 0 aliphatic carbocycles. The lowest BCUT2D eigenvalue weighted by molar-refractivity contribution is -0.131. The highest BCUT2D eigenvalue weighted by Gasteiger charge is 2.36. The lowest BCUT2D eigenvalue weighted by Gasteiger charge is -2.34. The van der Waals surface area contributed by atoms with Crippen LogP contribution in [0.4, 0.5) is 0 Å². The molecular formula is C23H27N5O2S. The van der Waals surface area contributed by atoms with Crippen molar-refractivity contribution in [3.63, 3.8) is 0 Å². The van der Waals surface area contributed by atoms with E-state index in [2.05, 4.69) is 16.7 Å². The van der Waals surface area contributed by atoms with E-state index in [0.29, 0.717) is 19.6 Å². The monoisotopic (exact) mass is 437 g/mol. The molecule has 1 saturated heterocycles. The van der Waals surface area contributed by atoms with E-state index in [-0.39, 0.29) is 18.4 Å². The minimum absolute atomic E-state index is 0.0676. The Morgan fingerprint density at radius 1 is 1.23 bits per heavy atom. The molecule has 8 heteroatoms. The van der Waals surface area contributed by atoms with Crippen LogP contribution in [0.2, 0.25) is 0 Å². The van der Waals surface area contributed by atoms with Crippen LogP contribution < -0.4 is 10.6 Å². The fourth-order valence-electron chi connectivity index (χ4n) is 4.09. The van der Waals surface area contributed by atoms with Gasteiger partial charge < -0.3 is 10.6 Å². The average molecular weight is 438 g/mol. The molecule has 2 amide bonds. The Balaban J connectivity index is 1.51. The number of aryl methyl sites for hydroxylation is 1. The van der Waals surface area contributed by atoms with Crippen LogP contribution in [0.5, 0.6) is 0 Å². The number of hydrogen-bond acceptors (Lipinski definition) is 5. The maximum absolute atomic E-state index is 12.9. The third-order valence-electron chi connectivity index (χ3n) is 5.55. The lowest BCUT2D eigenvalue weighted by Crippen LogP contribution is -2.53. The summed E-state index contributed by atoms with van der Waals surface area (Å²) >= 11 is 1.69. The second-order valence-corrected chi connectivity index (χ2v) is 8.71. The fraction of sp³-hybridized carbons (Fsp3) is 0.348. The second kappa shape index (κ2) is 9.45. The van der Waals surface area contributed by atoms with Gasteiger partial charge in [-0.2, -0.15) is 5.10 Å². The van der Waals surface area contributed by atoms with E-state index in [1.807, 2.05) is 65.2 Å². The Bertz CT molecular complexity index is 1050. The summed E-state index contributed by atoms with van der Waals surface area (Å²) in [6, 6.07) is 13.4. The zero-order valence-electron chi connectivity index (χ0n) is 17.8. The van der Waals surface area contributed by atoms with Crippen LogP contribution >= 0.6 is 11.3 Å². The van der Waals surface area contributed by atoms with E-state index in [1.54, 1.807) is 11.3 Å². The van der Waals surface area contributed by atoms with E-state index in [4.69, 9.17) is 5.10 Å². The molecule has 0 bridgehead atoms. The van der Waals surface area contributed by atoms with Crippen molar-refractivity contribution in [1.29, 1.82) is 0 Å². The number of piperazine rings is 1. The number of benzene rings is 1. The third-order valence-corrected chi connectivity index (χ3v) is 6.49. The second-order valence-electron chi connectivity index (χ2n) is 7.68. The highest BCUT2D eigenvalue weighted by Crippen LogP contribution is 2.30. The predicted octanol–water partition coefficient (Wildman–Crippen LogP) is 2.38. The van der Waals surface area contributed by atoms with Crippen LogP contribution in [0.1, 0.15) is 27.9 Å². The number of nitrogens with zero attached hydrogens (tertiary/aromatic N) is 3. The topological polar surface area (TPSA) is 79.3 Å². The molecule has 3 aromatic rings. The number of carbonyl (C=O) groups is 2. The molecule has 1 atom stereocenters. The number of thiophene rings is 1. The van der Waals surface area contributed by atoms with Gasteiger partial charge in [0.05, 0.1) is 17.9 Å². The average Bonchev–Trinajstić information content (AvgIpc) is 3.37. The van der Waals surface area contributed by atoms with Gasteiger partial charge >= 0.3 is 0 Å². The van der Waals surface area contributed by atoms with Crippen molar-refractivity contribution < 1.29 is 9.59 Å². The minimum atomic E-state index is -0.533. The van der Waals surface area contributed by atoms with Gasteiger partial charge in [-0.1, -0.05) is 24.3 Å². The summed E-state index contributed by atoms with van der Waals surface area (Å²) in [6.45, 7) is 5.81. The molecular weight excluding hydrogens is 410 g/mol. The molecule has 1 fully saturated rings. The van der Waals surface area contributed by atoms with Crippen LogP contribution in [0, 0.1) is 13.8 Å². The van der Waals surface area contributed by atoms with Gasteiger partial charge in [0.25, 0.3) is 0 Å². The first-order valence-corrected chi connectivity index (χ1v) is 11.3. The van der Waals surface area contributed by atoms with Gasteiger partial charge in [0, 0.05) is 35.8 Å². The third kappa shape index (κ3) is 4.70. The SMILES string of the molecule is Cc1nn(-c2ccccc2)c(C)c1[C@@H]1C(=O)NCCN1CC(=O)NCCc1cccs1. The quantitative estimate of drug-likeness (QED) is 0.595. The van der Waals surface area contributed by atoms with Gasteiger partial charge in [-0.15, -0.1) is 11.3 Å². The number of carbonyl (C=O) groups excluding carboxylic acids is 2. The van der Waals surface area contributed by atoms with Gasteiger partial charge in [0.2, 0.25) is 11.8 Å². The molecule has 2 N–H and O–H groups in total. The molecule has 3 heterocycles. The number of amides is 2. The molecule has 31 heavy (non-hydrogen) atoms. The van der Waals surface area contributed by atoms with Crippen molar-refractivity contribution in [3.8, 4) is 5.69 Å². The molecule has 1 aliphatic rings. The van der Waals surface area contributed by atoms with Crippen LogP contribution in [-0.2, 0) is 16.0 Å². The predicted molar refractivity (Wildman–Crippen MR) is 121 cm³/mol. The van der Waals surface area contributed by atoms with Gasteiger partial charge in [-0.25, -0.2) is 4.68 Å².